The summed E-state index contributed by atoms with van der Waals surface area (Å²) in [5.74, 6) is -0.351. The Bertz CT molecular complexity index is 1000. The van der Waals surface area contributed by atoms with Gasteiger partial charge < -0.3 is 13.9 Å². The second-order valence-electron chi connectivity index (χ2n) is 9.23. The van der Waals surface area contributed by atoms with E-state index in [1.165, 1.54) is 0 Å². The molecule has 1 aliphatic carbocycles. The van der Waals surface area contributed by atoms with E-state index in [9.17, 15) is 10.1 Å². The highest BCUT2D eigenvalue weighted by molar-refractivity contribution is 5.81. The second-order valence-corrected chi connectivity index (χ2v) is 9.23. The molecule has 168 valence electrons. The molecule has 0 N–H and O–H groups in total. The van der Waals surface area contributed by atoms with Gasteiger partial charge >= 0.3 is 5.76 Å². The first-order valence-corrected chi connectivity index (χ1v) is 11.4. The molecule has 0 spiro atoms. The minimum atomic E-state index is -0.351. The van der Waals surface area contributed by atoms with Gasteiger partial charge in [-0.05, 0) is 64.0 Å². The Labute approximate surface area is 183 Å². The molecule has 0 bridgehead atoms. The van der Waals surface area contributed by atoms with Gasteiger partial charge in [-0.25, -0.2) is 4.79 Å². The lowest BCUT2D eigenvalue weighted by atomic mass is 9.79. The predicted octanol–water partition coefficient (Wildman–Crippen LogP) is 3.78. The molecular weight excluding hydrogens is 394 g/mol. The minimum Gasteiger partial charge on any atom is -0.408 e. The lowest BCUT2D eigenvalue weighted by Crippen LogP contribution is -2.53. The van der Waals surface area contributed by atoms with E-state index >= 15 is 0 Å². The van der Waals surface area contributed by atoms with Crippen LogP contribution in [0.3, 0.4) is 0 Å². The summed E-state index contributed by atoms with van der Waals surface area (Å²) >= 11 is 0. The standard InChI is InChI=1S/C24H33N3O4/c1-17-4-5-21-22(20(17)16-25)27(23(28)31-21)18-8-12-26(13-9-18)24(2)10-6-19(7-11-24)30-15-14-29-3/h4-5,18-19H,6-15H2,1-3H3. The second kappa shape index (κ2) is 9.15. The molecule has 31 heavy (non-hydrogen) atoms. The number of aromatic nitrogens is 1. The van der Waals surface area contributed by atoms with Crippen molar-refractivity contribution in [2.45, 2.75) is 70.1 Å². The fourth-order valence-electron chi connectivity index (χ4n) is 5.36. The zero-order valence-corrected chi connectivity index (χ0v) is 18.9. The molecule has 0 unspecified atom stereocenters. The number of oxazole rings is 1. The molecule has 7 nitrogen and oxygen atoms in total. The van der Waals surface area contributed by atoms with Gasteiger partial charge in [-0.2, -0.15) is 5.26 Å². The summed E-state index contributed by atoms with van der Waals surface area (Å²) in [6, 6.07) is 5.97. The molecule has 1 saturated heterocycles. The number of fused-ring (bicyclic) bond motifs is 1. The summed E-state index contributed by atoms with van der Waals surface area (Å²) < 4.78 is 18.2. The number of likely N-dealkylation sites (tertiary alicyclic amines) is 1. The first-order valence-electron chi connectivity index (χ1n) is 11.4. The van der Waals surface area contributed by atoms with Crippen molar-refractivity contribution in [2.75, 3.05) is 33.4 Å². The summed E-state index contributed by atoms with van der Waals surface area (Å²) in [6.07, 6.45) is 6.52. The zero-order valence-electron chi connectivity index (χ0n) is 18.9. The van der Waals surface area contributed by atoms with E-state index in [2.05, 4.69) is 17.9 Å². The van der Waals surface area contributed by atoms with Crippen LogP contribution in [0.2, 0.25) is 0 Å². The molecule has 2 fully saturated rings. The van der Waals surface area contributed by atoms with Crippen LogP contribution in [0.4, 0.5) is 0 Å². The summed E-state index contributed by atoms with van der Waals surface area (Å²) in [4.78, 5) is 15.3. The molecule has 2 heterocycles. The van der Waals surface area contributed by atoms with Crippen molar-refractivity contribution < 1.29 is 13.9 Å². The number of ether oxygens (including phenoxy) is 2. The van der Waals surface area contributed by atoms with Crippen molar-refractivity contribution in [3.63, 3.8) is 0 Å². The highest BCUT2D eigenvalue weighted by Crippen LogP contribution is 2.38. The quantitative estimate of drug-likeness (QED) is 0.653. The van der Waals surface area contributed by atoms with Gasteiger partial charge in [-0.3, -0.25) is 9.47 Å². The van der Waals surface area contributed by atoms with Crippen LogP contribution in [0.15, 0.2) is 21.3 Å². The molecular formula is C24H33N3O4. The minimum absolute atomic E-state index is 0.0659. The third kappa shape index (κ3) is 4.30. The molecule has 7 heteroatoms. The Hall–Kier alpha value is -2.14. The maximum Gasteiger partial charge on any atom is 0.420 e. The van der Waals surface area contributed by atoms with Crippen LogP contribution in [-0.2, 0) is 9.47 Å². The normalized spacial score (nSPS) is 25.7. The fraction of sp³-hybridized carbons (Fsp3) is 0.667. The number of hydrogen-bond donors (Lipinski definition) is 0. The monoisotopic (exact) mass is 427 g/mol. The number of benzene rings is 1. The topological polar surface area (TPSA) is 80.6 Å². The average molecular weight is 428 g/mol. The van der Waals surface area contributed by atoms with Crippen molar-refractivity contribution in [1.29, 1.82) is 5.26 Å². The number of nitriles is 1. The van der Waals surface area contributed by atoms with E-state index < -0.39 is 0 Å². The van der Waals surface area contributed by atoms with Crippen molar-refractivity contribution in [2.24, 2.45) is 0 Å². The number of rotatable bonds is 6. The van der Waals surface area contributed by atoms with Crippen LogP contribution in [0.1, 0.15) is 62.6 Å². The fourth-order valence-corrected chi connectivity index (χ4v) is 5.36. The third-order valence-corrected chi connectivity index (χ3v) is 7.34. The molecule has 1 aliphatic heterocycles. The summed E-state index contributed by atoms with van der Waals surface area (Å²) in [6.45, 7) is 7.48. The smallest absolute Gasteiger partial charge is 0.408 e. The zero-order chi connectivity index (χ0) is 22.0. The van der Waals surface area contributed by atoms with E-state index in [1.54, 1.807) is 17.7 Å². The van der Waals surface area contributed by atoms with E-state index in [4.69, 9.17) is 13.9 Å². The lowest BCUT2D eigenvalue weighted by Gasteiger charge is -2.48. The molecule has 4 rings (SSSR count). The predicted molar refractivity (Wildman–Crippen MR) is 118 cm³/mol. The highest BCUT2D eigenvalue weighted by atomic mass is 16.5. The van der Waals surface area contributed by atoms with Gasteiger partial charge in [0.25, 0.3) is 0 Å². The van der Waals surface area contributed by atoms with E-state index in [0.29, 0.717) is 36.0 Å². The van der Waals surface area contributed by atoms with Crippen molar-refractivity contribution in [3.8, 4) is 6.07 Å². The van der Waals surface area contributed by atoms with E-state index in [-0.39, 0.29) is 17.3 Å². The summed E-state index contributed by atoms with van der Waals surface area (Å²) in [5.41, 5.74) is 2.77. The summed E-state index contributed by atoms with van der Waals surface area (Å²) in [7, 11) is 1.70. The highest BCUT2D eigenvalue weighted by Gasteiger charge is 2.39. The Morgan fingerprint density at radius 1 is 1.19 bits per heavy atom. The number of aryl methyl sites for hydroxylation is 1. The molecule has 0 radical (unpaired) electrons. The Balaban J connectivity index is 1.43. The van der Waals surface area contributed by atoms with Crippen LogP contribution in [-0.4, -0.2) is 54.5 Å². The number of methoxy groups -OCH3 is 1. The van der Waals surface area contributed by atoms with Gasteiger partial charge in [0, 0.05) is 31.8 Å². The molecule has 0 atom stereocenters. The SMILES string of the molecule is COCCOC1CCC(C)(N2CCC(n3c(=O)oc4ccc(C)c(C#N)c43)CC2)CC1. The maximum atomic E-state index is 12.7. The van der Waals surface area contributed by atoms with Gasteiger partial charge in [0.05, 0.1) is 24.9 Å². The third-order valence-electron chi connectivity index (χ3n) is 7.34. The van der Waals surface area contributed by atoms with Crippen LogP contribution in [0.25, 0.3) is 11.1 Å². The molecule has 1 aromatic carbocycles. The van der Waals surface area contributed by atoms with Crippen LogP contribution >= 0.6 is 0 Å². The molecule has 1 aromatic heterocycles. The van der Waals surface area contributed by atoms with Crippen LogP contribution in [0.5, 0.6) is 0 Å². The van der Waals surface area contributed by atoms with Gasteiger partial charge in [0.1, 0.15) is 11.6 Å². The largest absolute Gasteiger partial charge is 0.420 e. The number of piperidine rings is 1. The lowest BCUT2D eigenvalue weighted by molar-refractivity contribution is -0.0419. The van der Waals surface area contributed by atoms with Crippen LogP contribution in [0, 0.1) is 18.3 Å². The number of nitrogens with zero attached hydrogens (tertiary/aromatic N) is 3. The summed E-state index contributed by atoms with van der Waals surface area (Å²) in [5, 5.41) is 9.65. The first kappa shape index (κ1) is 22.1. The first-order chi connectivity index (χ1) is 15.0. The Morgan fingerprint density at radius 2 is 1.90 bits per heavy atom. The molecule has 1 saturated carbocycles. The van der Waals surface area contributed by atoms with E-state index in [0.717, 1.165) is 57.2 Å². The Morgan fingerprint density at radius 3 is 2.55 bits per heavy atom. The van der Waals surface area contributed by atoms with Crippen molar-refractivity contribution >= 4 is 11.1 Å². The van der Waals surface area contributed by atoms with Gasteiger partial charge in [0.15, 0.2) is 5.58 Å². The van der Waals surface area contributed by atoms with Gasteiger partial charge in [0.2, 0.25) is 0 Å². The molecule has 0 amide bonds. The average Bonchev–Trinajstić information content (AvgIpc) is 3.11. The van der Waals surface area contributed by atoms with E-state index in [1.807, 2.05) is 13.0 Å². The van der Waals surface area contributed by atoms with Gasteiger partial charge in [-0.1, -0.05) is 6.07 Å². The van der Waals surface area contributed by atoms with Gasteiger partial charge in [-0.15, -0.1) is 0 Å². The maximum absolute atomic E-state index is 12.7. The van der Waals surface area contributed by atoms with Crippen molar-refractivity contribution in [1.82, 2.24) is 9.47 Å². The van der Waals surface area contributed by atoms with Crippen molar-refractivity contribution in [3.05, 3.63) is 33.8 Å². The molecule has 2 aromatic rings. The Kier molecular flexibility index (Phi) is 6.52. The van der Waals surface area contributed by atoms with Crippen LogP contribution < -0.4 is 5.76 Å². The number of hydrogen-bond acceptors (Lipinski definition) is 6. The molecule has 2 aliphatic rings.